The van der Waals surface area contributed by atoms with Crippen LogP contribution in [0.25, 0.3) is 0 Å². The molecule has 24 heavy (non-hydrogen) atoms. The number of fused-ring (bicyclic) bond motifs is 5. The fourth-order valence-electron chi connectivity index (χ4n) is 7.45. The molecule has 0 saturated heterocycles. The highest BCUT2D eigenvalue weighted by Gasteiger charge is 2.60. The lowest BCUT2D eigenvalue weighted by Crippen LogP contribution is -2.53. The van der Waals surface area contributed by atoms with Crippen LogP contribution < -0.4 is 0 Å². The SMILES string of the molecule is CC(=O)[C@H]1CC[C@H]2[C@@H]3[C@H](Br)C=C4C[C@@H](C)CC[C@]4(C)[C@H]3CC[C@]12C. The Hall–Kier alpha value is -0.110. The van der Waals surface area contributed by atoms with E-state index in [-0.39, 0.29) is 5.41 Å². The highest BCUT2D eigenvalue weighted by molar-refractivity contribution is 9.09. The number of halogens is 1. The quantitative estimate of drug-likeness (QED) is 0.385. The molecule has 0 aromatic heterocycles. The Labute approximate surface area is 156 Å². The summed E-state index contributed by atoms with van der Waals surface area (Å²) in [5.74, 6) is 3.88. The molecule has 3 saturated carbocycles. The van der Waals surface area contributed by atoms with Gasteiger partial charge in [-0.3, -0.25) is 4.79 Å². The molecule has 4 aliphatic rings. The van der Waals surface area contributed by atoms with Gasteiger partial charge in [0.15, 0.2) is 0 Å². The zero-order valence-corrected chi connectivity index (χ0v) is 17.4. The standard InChI is InChI=1S/C22H33BrO/c1-13-7-9-21(3)15(11-13)12-19(23)20-17-6-5-16(14(2)24)22(17,4)10-8-18(20)21/h12-13,16-20H,5-11H2,1-4H3/t13-,16+,17-,18-,19+,20-,21-,22+/m0/s1. The van der Waals surface area contributed by atoms with E-state index in [2.05, 4.69) is 42.8 Å². The van der Waals surface area contributed by atoms with Crippen LogP contribution in [0.3, 0.4) is 0 Å². The van der Waals surface area contributed by atoms with E-state index in [1.54, 1.807) is 5.57 Å². The van der Waals surface area contributed by atoms with Gasteiger partial charge >= 0.3 is 0 Å². The van der Waals surface area contributed by atoms with Crippen molar-refractivity contribution in [1.82, 2.24) is 0 Å². The summed E-state index contributed by atoms with van der Waals surface area (Å²) < 4.78 is 0. The highest BCUT2D eigenvalue weighted by Crippen LogP contribution is 2.67. The van der Waals surface area contributed by atoms with Gasteiger partial charge in [-0.05, 0) is 86.4 Å². The van der Waals surface area contributed by atoms with Gasteiger partial charge in [-0.2, -0.15) is 0 Å². The normalized spacial score (nSPS) is 53.6. The minimum Gasteiger partial charge on any atom is -0.300 e. The zero-order valence-electron chi connectivity index (χ0n) is 15.8. The van der Waals surface area contributed by atoms with Gasteiger partial charge in [0.25, 0.3) is 0 Å². The summed E-state index contributed by atoms with van der Waals surface area (Å²) >= 11 is 4.09. The number of ketones is 1. The van der Waals surface area contributed by atoms with Crippen molar-refractivity contribution in [2.75, 3.05) is 0 Å². The Morgan fingerprint density at radius 2 is 1.88 bits per heavy atom. The average Bonchev–Trinajstić information content (AvgIpc) is 2.86. The first-order valence-electron chi connectivity index (χ1n) is 10.1. The molecule has 8 atom stereocenters. The van der Waals surface area contributed by atoms with Gasteiger partial charge in [-0.1, -0.05) is 48.4 Å². The maximum absolute atomic E-state index is 12.3. The number of allylic oxidation sites excluding steroid dienone is 2. The second-order valence-electron chi connectivity index (χ2n) is 9.98. The van der Waals surface area contributed by atoms with Crippen molar-refractivity contribution < 1.29 is 4.79 Å². The topological polar surface area (TPSA) is 17.1 Å². The largest absolute Gasteiger partial charge is 0.300 e. The van der Waals surface area contributed by atoms with Crippen LogP contribution in [-0.4, -0.2) is 10.6 Å². The minimum atomic E-state index is 0.253. The lowest BCUT2D eigenvalue weighted by molar-refractivity contribution is -0.127. The van der Waals surface area contributed by atoms with Crippen LogP contribution in [0, 0.1) is 40.4 Å². The molecule has 0 radical (unpaired) electrons. The summed E-state index contributed by atoms with van der Waals surface area (Å²) in [5.41, 5.74) is 2.42. The molecular formula is C22H33BrO. The summed E-state index contributed by atoms with van der Waals surface area (Å²) in [7, 11) is 0. The second-order valence-corrected chi connectivity index (χ2v) is 11.0. The van der Waals surface area contributed by atoms with Gasteiger partial charge in [0, 0.05) is 10.7 Å². The van der Waals surface area contributed by atoms with Crippen LogP contribution in [-0.2, 0) is 4.79 Å². The lowest BCUT2D eigenvalue weighted by Gasteiger charge is -2.59. The molecule has 1 nitrogen and oxygen atoms in total. The molecule has 0 unspecified atom stereocenters. The first-order valence-corrected chi connectivity index (χ1v) is 11.0. The lowest BCUT2D eigenvalue weighted by atomic mass is 9.47. The van der Waals surface area contributed by atoms with Gasteiger partial charge in [-0.25, -0.2) is 0 Å². The number of hydrogen-bond acceptors (Lipinski definition) is 1. The maximum atomic E-state index is 12.3. The molecule has 2 heteroatoms. The van der Waals surface area contributed by atoms with E-state index in [9.17, 15) is 4.79 Å². The van der Waals surface area contributed by atoms with Gasteiger partial charge in [-0.15, -0.1) is 0 Å². The van der Waals surface area contributed by atoms with Crippen LogP contribution in [0.4, 0.5) is 0 Å². The number of carbonyl (C=O) groups excluding carboxylic acids is 1. The number of Topliss-reactive ketones (excluding diaryl/α,β-unsaturated/α-hetero) is 1. The Kier molecular flexibility index (Phi) is 4.11. The van der Waals surface area contributed by atoms with Crippen LogP contribution in [0.1, 0.15) is 72.6 Å². The fourth-order valence-corrected chi connectivity index (χ4v) is 8.51. The van der Waals surface area contributed by atoms with E-state index >= 15 is 0 Å². The van der Waals surface area contributed by atoms with E-state index in [0.29, 0.717) is 21.9 Å². The third-order valence-corrected chi connectivity index (χ3v) is 9.70. The van der Waals surface area contributed by atoms with Crippen molar-refractivity contribution in [3.63, 3.8) is 0 Å². The number of carbonyl (C=O) groups is 1. The fraction of sp³-hybridized carbons (Fsp3) is 0.864. The van der Waals surface area contributed by atoms with Crippen molar-refractivity contribution in [2.45, 2.75) is 77.5 Å². The van der Waals surface area contributed by atoms with Gasteiger partial charge in [0.05, 0.1) is 0 Å². The predicted octanol–water partition coefficient (Wildman–Crippen LogP) is 6.16. The van der Waals surface area contributed by atoms with Crippen LogP contribution >= 0.6 is 15.9 Å². The van der Waals surface area contributed by atoms with Crippen molar-refractivity contribution in [3.8, 4) is 0 Å². The zero-order chi connectivity index (χ0) is 17.3. The van der Waals surface area contributed by atoms with Crippen molar-refractivity contribution in [3.05, 3.63) is 11.6 Å². The molecule has 134 valence electrons. The molecule has 4 aliphatic carbocycles. The summed E-state index contributed by atoms with van der Waals surface area (Å²) in [6, 6.07) is 0. The smallest absolute Gasteiger partial charge is 0.133 e. The Morgan fingerprint density at radius 3 is 2.58 bits per heavy atom. The van der Waals surface area contributed by atoms with Gasteiger partial charge < -0.3 is 0 Å². The molecule has 0 N–H and O–H groups in total. The van der Waals surface area contributed by atoms with E-state index < -0.39 is 0 Å². The summed E-state index contributed by atoms with van der Waals surface area (Å²) in [4.78, 5) is 12.8. The van der Waals surface area contributed by atoms with Crippen molar-refractivity contribution in [1.29, 1.82) is 0 Å². The molecule has 0 heterocycles. The van der Waals surface area contributed by atoms with Gasteiger partial charge in [0.2, 0.25) is 0 Å². The van der Waals surface area contributed by atoms with E-state index in [1.165, 1.54) is 38.5 Å². The third kappa shape index (κ3) is 2.27. The highest BCUT2D eigenvalue weighted by atomic mass is 79.9. The molecule has 0 spiro atoms. The van der Waals surface area contributed by atoms with Gasteiger partial charge in [0.1, 0.15) is 5.78 Å². The molecule has 0 bridgehead atoms. The van der Waals surface area contributed by atoms with E-state index in [0.717, 1.165) is 30.1 Å². The molecule has 4 rings (SSSR count). The number of alkyl halides is 1. The first-order chi connectivity index (χ1) is 11.3. The Balaban J connectivity index is 1.71. The molecule has 0 aliphatic heterocycles. The first kappa shape index (κ1) is 17.3. The van der Waals surface area contributed by atoms with Crippen molar-refractivity contribution in [2.24, 2.45) is 40.4 Å². The summed E-state index contributed by atoms with van der Waals surface area (Å²) in [5, 5.41) is 0. The van der Waals surface area contributed by atoms with Crippen LogP contribution in [0.2, 0.25) is 0 Å². The Morgan fingerprint density at radius 1 is 1.12 bits per heavy atom. The van der Waals surface area contributed by atoms with E-state index in [4.69, 9.17) is 0 Å². The van der Waals surface area contributed by atoms with E-state index in [1.807, 2.05) is 6.92 Å². The molecule has 0 aromatic rings. The van der Waals surface area contributed by atoms with Crippen LogP contribution in [0.15, 0.2) is 11.6 Å². The average molecular weight is 393 g/mol. The number of rotatable bonds is 1. The minimum absolute atomic E-state index is 0.253. The predicted molar refractivity (Wildman–Crippen MR) is 103 cm³/mol. The van der Waals surface area contributed by atoms with Crippen molar-refractivity contribution >= 4 is 21.7 Å². The molecule has 3 fully saturated rings. The third-order valence-electron chi connectivity index (χ3n) is 8.83. The maximum Gasteiger partial charge on any atom is 0.133 e. The summed E-state index contributed by atoms with van der Waals surface area (Å²) in [6.07, 6.45) is 11.7. The monoisotopic (exact) mass is 392 g/mol. The molecule has 0 aromatic carbocycles. The Bertz CT molecular complexity index is 581. The second kappa shape index (κ2) is 5.69. The summed E-state index contributed by atoms with van der Waals surface area (Å²) in [6.45, 7) is 9.26. The molecule has 0 amide bonds. The van der Waals surface area contributed by atoms with Crippen LogP contribution in [0.5, 0.6) is 0 Å². The molecular weight excluding hydrogens is 360 g/mol. The number of hydrogen-bond donors (Lipinski definition) is 0.